The van der Waals surface area contributed by atoms with Gasteiger partial charge in [0.1, 0.15) is 0 Å². The molecule has 11 rings (SSSR count). The zero-order valence-corrected chi connectivity index (χ0v) is 34.0. The maximum Gasteiger partial charge on any atom is 0.0465 e. The van der Waals surface area contributed by atoms with Gasteiger partial charge in [0.15, 0.2) is 0 Å². The van der Waals surface area contributed by atoms with Crippen molar-refractivity contribution in [2.24, 2.45) is 0 Å². The van der Waals surface area contributed by atoms with Gasteiger partial charge in [0.05, 0.1) is 0 Å². The van der Waals surface area contributed by atoms with Crippen LogP contribution in [-0.2, 0) is 10.8 Å². The Hall–Kier alpha value is -6.96. The van der Waals surface area contributed by atoms with Crippen LogP contribution in [0.4, 0.5) is 17.1 Å². The largest absolute Gasteiger partial charge is 0.310 e. The predicted octanol–water partition coefficient (Wildman–Crippen LogP) is 15.9. The Morgan fingerprint density at radius 2 is 0.729 bits per heavy atom. The van der Waals surface area contributed by atoms with E-state index in [-0.39, 0.29) is 10.8 Å². The topological polar surface area (TPSA) is 3.24 Å². The standard InChI is InChI=1S/C58H45N/c1-57(2)53-20-11-10-18-49(53)51-33-30-45(36-55(51)57)59(44-28-25-42(26-29-44)48-19-12-16-41-15-8-9-17-47(41)48)46-31-34-52-50-32-27-43(35-54(50)58(3,4)56(52)37-46)40-23-21-39(22-24-40)38-13-6-5-7-14-38/h5-37H,1-4H3. The monoisotopic (exact) mass is 755 g/mol. The van der Waals surface area contributed by atoms with Crippen molar-refractivity contribution in [3.63, 3.8) is 0 Å². The number of hydrogen-bond acceptors (Lipinski definition) is 1. The molecule has 282 valence electrons. The van der Waals surface area contributed by atoms with Crippen LogP contribution in [0.3, 0.4) is 0 Å². The van der Waals surface area contributed by atoms with Gasteiger partial charge in [-0.1, -0.05) is 185 Å². The summed E-state index contributed by atoms with van der Waals surface area (Å²) in [4.78, 5) is 2.46. The lowest BCUT2D eigenvalue weighted by atomic mass is 9.81. The van der Waals surface area contributed by atoms with Gasteiger partial charge in [0, 0.05) is 27.9 Å². The molecule has 0 atom stereocenters. The Balaban J connectivity index is 1.01. The molecule has 2 aliphatic carbocycles. The Labute approximate surface area is 347 Å². The van der Waals surface area contributed by atoms with E-state index in [0.29, 0.717) is 0 Å². The molecule has 1 nitrogen and oxygen atoms in total. The van der Waals surface area contributed by atoms with Crippen LogP contribution >= 0.6 is 0 Å². The smallest absolute Gasteiger partial charge is 0.0465 e. The highest BCUT2D eigenvalue weighted by Gasteiger charge is 2.38. The quantitative estimate of drug-likeness (QED) is 0.163. The molecule has 9 aromatic rings. The Morgan fingerprint density at radius 3 is 1.42 bits per heavy atom. The zero-order chi connectivity index (χ0) is 39.9. The molecule has 0 unspecified atom stereocenters. The van der Waals surface area contributed by atoms with E-state index in [2.05, 4.69) is 233 Å². The second-order valence-electron chi connectivity index (χ2n) is 17.4. The number of fused-ring (bicyclic) bond motifs is 7. The molecule has 0 aromatic heterocycles. The van der Waals surface area contributed by atoms with Gasteiger partial charge in [-0.05, 0) is 131 Å². The predicted molar refractivity (Wildman–Crippen MR) is 250 cm³/mol. The molecule has 0 amide bonds. The van der Waals surface area contributed by atoms with Gasteiger partial charge in [0.25, 0.3) is 0 Å². The van der Waals surface area contributed by atoms with Gasteiger partial charge in [-0.15, -0.1) is 0 Å². The van der Waals surface area contributed by atoms with Crippen molar-refractivity contribution in [1.29, 1.82) is 0 Å². The molecule has 0 saturated heterocycles. The highest BCUT2D eigenvalue weighted by atomic mass is 15.1. The lowest BCUT2D eigenvalue weighted by Crippen LogP contribution is -2.18. The van der Waals surface area contributed by atoms with E-state index >= 15 is 0 Å². The number of benzene rings is 9. The van der Waals surface area contributed by atoms with Crippen molar-refractivity contribution in [3.05, 3.63) is 222 Å². The molecule has 9 aromatic carbocycles. The molecule has 2 aliphatic rings. The maximum absolute atomic E-state index is 2.46. The maximum atomic E-state index is 2.46. The van der Waals surface area contributed by atoms with Gasteiger partial charge in [0.2, 0.25) is 0 Å². The van der Waals surface area contributed by atoms with Crippen molar-refractivity contribution in [1.82, 2.24) is 0 Å². The van der Waals surface area contributed by atoms with Crippen LogP contribution in [0.1, 0.15) is 49.9 Å². The first-order valence-corrected chi connectivity index (χ1v) is 20.8. The Bertz CT molecular complexity index is 3070. The van der Waals surface area contributed by atoms with Crippen LogP contribution < -0.4 is 4.90 Å². The lowest BCUT2D eigenvalue weighted by Gasteiger charge is -2.30. The van der Waals surface area contributed by atoms with Crippen molar-refractivity contribution < 1.29 is 0 Å². The van der Waals surface area contributed by atoms with E-state index in [4.69, 9.17) is 0 Å². The van der Waals surface area contributed by atoms with Crippen LogP contribution in [0.15, 0.2) is 200 Å². The van der Waals surface area contributed by atoms with Crippen molar-refractivity contribution in [2.45, 2.75) is 38.5 Å². The van der Waals surface area contributed by atoms with E-state index in [1.165, 1.54) is 88.7 Å². The van der Waals surface area contributed by atoms with E-state index in [1.807, 2.05) is 0 Å². The molecule has 0 fully saturated rings. The average molecular weight is 756 g/mol. The molecule has 0 aliphatic heterocycles. The summed E-state index contributed by atoms with van der Waals surface area (Å²) in [6, 6.07) is 74.3. The number of anilines is 3. The number of hydrogen-bond donors (Lipinski definition) is 0. The van der Waals surface area contributed by atoms with E-state index in [9.17, 15) is 0 Å². The summed E-state index contributed by atoms with van der Waals surface area (Å²) in [6.07, 6.45) is 0. The second kappa shape index (κ2) is 13.3. The number of nitrogens with zero attached hydrogens (tertiary/aromatic N) is 1. The van der Waals surface area contributed by atoms with Crippen LogP contribution in [0, 0.1) is 0 Å². The molecule has 0 bridgehead atoms. The van der Waals surface area contributed by atoms with Crippen molar-refractivity contribution in [2.75, 3.05) is 4.90 Å². The van der Waals surface area contributed by atoms with E-state index in [0.717, 1.165) is 17.1 Å². The lowest BCUT2D eigenvalue weighted by molar-refractivity contribution is 0.660. The summed E-state index contributed by atoms with van der Waals surface area (Å²) >= 11 is 0. The molecule has 0 N–H and O–H groups in total. The SMILES string of the molecule is CC1(C)c2ccccc2-c2ccc(N(c3ccc(-c4cccc5ccccc45)cc3)c3ccc4c(c3)C(C)(C)c3cc(-c5ccc(-c6ccccc6)cc5)ccc3-4)cc21. The second-order valence-corrected chi connectivity index (χ2v) is 17.4. The van der Waals surface area contributed by atoms with E-state index < -0.39 is 0 Å². The third-order valence-corrected chi connectivity index (χ3v) is 13.3. The van der Waals surface area contributed by atoms with Gasteiger partial charge in [-0.3, -0.25) is 0 Å². The molecule has 0 saturated carbocycles. The summed E-state index contributed by atoms with van der Waals surface area (Å²) < 4.78 is 0. The first kappa shape index (κ1) is 35.2. The van der Waals surface area contributed by atoms with Crippen LogP contribution in [-0.4, -0.2) is 0 Å². The van der Waals surface area contributed by atoms with Gasteiger partial charge >= 0.3 is 0 Å². The molecule has 0 radical (unpaired) electrons. The van der Waals surface area contributed by atoms with Gasteiger partial charge in [-0.25, -0.2) is 0 Å². The first-order chi connectivity index (χ1) is 28.8. The summed E-state index contributed by atoms with van der Waals surface area (Å²) in [7, 11) is 0. The third-order valence-electron chi connectivity index (χ3n) is 13.3. The fourth-order valence-corrected chi connectivity index (χ4v) is 10.1. The number of rotatable bonds is 6. The van der Waals surface area contributed by atoms with E-state index in [1.54, 1.807) is 0 Å². The minimum absolute atomic E-state index is 0.104. The minimum Gasteiger partial charge on any atom is -0.310 e. The third kappa shape index (κ3) is 5.60. The minimum atomic E-state index is -0.188. The summed E-state index contributed by atoms with van der Waals surface area (Å²) in [5, 5.41) is 2.53. The molecule has 59 heavy (non-hydrogen) atoms. The van der Waals surface area contributed by atoms with Gasteiger partial charge in [-0.2, -0.15) is 0 Å². The molecule has 1 heteroatoms. The van der Waals surface area contributed by atoms with Gasteiger partial charge < -0.3 is 4.90 Å². The normalized spacial score (nSPS) is 14.0. The summed E-state index contributed by atoms with van der Waals surface area (Å²) in [5.74, 6) is 0. The summed E-state index contributed by atoms with van der Waals surface area (Å²) in [6.45, 7) is 9.52. The Kier molecular flexibility index (Phi) is 7.94. The van der Waals surface area contributed by atoms with Crippen molar-refractivity contribution in [3.8, 4) is 55.6 Å². The van der Waals surface area contributed by atoms with Crippen LogP contribution in [0.5, 0.6) is 0 Å². The molecular weight excluding hydrogens is 711 g/mol. The molecular formula is C58H45N. The fraction of sp³-hybridized carbons (Fsp3) is 0.103. The molecule has 0 heterocycles. The van der Waals surface area contributed by atoms with Crippen molar-refractivity contribution >= 4 is 27.8 Å². The fourth-order valence-electron chi connectivity index (χ4n) is 10.1. The molecule has 0 spiro atoms. The highest BCUT2D eigenvalue weighted by Crippen LogP contribution is 2.53. The first-order valence-electron chi connectivity index (χ1n) is 20.8. The summed E-state index contributed by atoms with van der Waals surface area (Å²) in [5.41, 5.74) is 21.4. The Morgan fingerprint density at radius 1 is 0.288 bits per heavy atom. The zero-order valence-electron chi connectivity index (χ0n) is 34.0. The average Bonchev–Trinajstić information content (AvgIpc) is 3.65. The van der Waals surface area contributed by atoms with Crippen LogP contribution in [0.25, 0.3) is 66.4 Å². The highest BCUT2D eigenvalue weighted by molar-refractivity contribution is 5.97. The van der Waals surface area contributed by atoms with Crippen LogP contribution in [0.2, 0.25) is 0 Å².